The molecule has 0 saturated carbocycles. The first-order valence-electron chi connectivity index (χ1n) is 15.4. The minimum absolute atomic E-state index is 0.876. The highest BCUT2D eigenvalue weighted by molar-refractivity contribution is 6.25. The van der Waals surface area contributed by atoms with E-state index in [-0.39, 0.29) is 0 Å². The molecular formula is C42H26N2O. The van der Waals surface area contributed by atoms with Gasteiger partial charge in [-0.15, -0.1) is 0 Å². The van der Waals surface area contributed by atoms with Gasteiger partial charge >= 0.3 is 0 Å². The van der Waals surface area contributed by atoms with Crippen molar-refractivity contribution >= 4 is 77.1 Å². The van der Waals surface area contributed by atoms with Crippen molar-refractivity contribution in [3.05, 3.63) is 158 Å². The molecule has 0 atom stereocenters. The molecular weight excluding hydrogens is 548 g/mol. The van der Waals surface area contributed by atoms with E-state index >= 15 is 0 Å². The second kappa shape index (κ2) is 9.22. The van der Waals surface area contributed by atoms with Gasteiger partial charge in [0.25, 0.3) is 0 Å². The van der Waals surface area contributed by atoms with E-state index in [1.54, 1.807) is 0 Å². The maximum atomic E-state index is 6.65. The summed E-state index contributed by atoms with van der Waals surface area (Å²) >= 11 is 0. The van der Waals surface area contributed by atoms with E-state index in [9.17, 15) is 0 Å². The van der Waals surface area contributed by atoms with Gasteiger partial charge in [-0.2, -0.15) is 0 Å². The van der Waals surface area contributed by atoms with Crippen LogP contribution >= 0.6 is 0 Å². The fourth-order valence-corrected chi connectivity index (χ4v) is 7.38. The fraction of sp³-hybridized carbons (Fsp3) is 0. The predicted octanol–water partition coefficient (Wildman–Crippen LogP) is 11.9. The molecule has 0 bridgehead atoms. The van der Waals surface area contributed by atoms with Gasteiger partial charge in [0.1, 0.15) is 5.58 Å². The number of anilines is 3. The third kappa shape index (κ3) is 3.41. The van der Waals surface area contributed by atoms with E-state index in [2.05, 4.69) is 161 Å². The molecule has 3 aromatic heterocycles. The summed E-state index contributed by atoms with van der Waals surface area (Å²) in [6.45, 7) is 0. The Morgan fingerprint density at radius 3 is 1.80 bits per heavy atom. The number of benzene rings is 7. The Morgan fingerprint density at radius 2 is 0.978 bits per heavy atom. The first-order chi connectivity index (χ1) is 22.3. The van der Waals surface area contributed by atoms with Crippen LogP contribution in [-0.2, 0) is 0 Å². The Labute approximate surface area is 259 Å². The molecule has 10 aromatic rings. The molecule has 0 aliphatic heterocycles. The van der Waals surface area contributed by atoms with Gasteiger partial charge in [-0.3, -0.25) is 0 Å². The van der Waals surface area contributed by atoms with Crippen LogP contribution in [0.4, 0.5) is 17.1 Å². The first-order valence-corrected chi connectivity index (χ1v) is 15.4. The number of nitrogens with zero attached hydrogens (tertiary/aromatic N) is 2. The highest BCUT2D eigenvalue weighted by atomic mass is 16.3. The van der Waals surface area contributed by atoms with Crippen LogP contribution in [0.1, 0.15) is 0 Å². The summed E-state index contributed by atoms with van der Waals surface area (Å²) in [5.41, 5.74) is 11.0. The molecule has 0 aliphatic rings. The molecule has 0 radical (unpaired) electrons. The fourth-order valence-electron chi connectivity index (χ4n) is 7.38. The largest absolute Gasteiger partial charge is 0.454 e. The Hall–Kier alpha value is -6.06. The molecule has 3 heterocycles. The van der Waals surface area contributed by atoms with E-state index < -0.39 is 0 Å². The number of furan rings is 1. The lowest BCUT2D eigenvalue weighted by atomic mass is 10.0. The molecule has 0 amide bonds. The van der Waals surface area contributed by atoms with Gasteiger partial charge in [0.15, 0.2) is 5.58 Å². The maximum Gasteiger partial charge on any atom is 0.159 e. The summed E-state index contributed by atoms with van der Waals surface area (Å²) in [6, 6.07) is 56.4. The molecule has 0 spiro atoms. The average Bonchev–Trinajstić information content (AvgIpc) is 3.77. The van der Waals surface area contributed by atoms with Crippen LogP contribution in [0.3, 0.4) is 0 Å². The molecule has 210 valence electrons. The van der Waals surface area contributed by atoms with Crippen molar-refractivity contribution in [3.63, 3.8) is 0 Å². The van der Waals surface area contributed by atoms with Crippen molar-refractivity contribution in [3.8, 4) is 11.1 Å². The SMILES string of the molecule is c1ccc(-c2ccc(N(c3cccc4c3oc3ccccc34)c3cccc4c5cccc6c7ccccc7n(c34)c65)cc2)cc1. The minimum atomic E-state index is 0.876. The van der Waals surface area contributed by atoms with E-state index in [0.29, 0.717) is 0 Å². The van der Waals surface area contributed by atoms with E-state index in [1.165, 1.54) is 49.2 Å². The molecule has 45 heavy (non-hydrogen) atoms. The highest BCUT2D eigenvalue weighted by Crippen LogP contribution is 2.47. The molecule has 10 rings (SSSR count). The standard InChI is InChI=1S/C42H26N2O/c1-2-11-27(12-3-1)28-23-25-29(26-24-28)43(38-21-10-18-35-31-14-5-7-22-39(31)45-42(35)38)37-20-9-17-34-33-16-8-15-32-30-13-4-6-19-36(30)44(40(32)33)41(34)37/h1-26H. The van der Waals surface area contributed by atoms with Gasteiger partial charge in [-0.25, -0.2) is 0 Å². The minimum Gasteiger partial charge on any atom is -0.454 e. The Kier molecular flexibility index (Phi) is 5.00. The van der Waals surface area contributed by atoms with Crippen molar-refractivity contribution in [2.45, 2.75) is 0 Å². The summed E-state index contributed by atoms with van der Waals surface area (Å²) in [5, 5.41) is 7.29. The van der Waals surface area contributed by atoms with E-state index in [0.717, 1.165) is 39.0 Å². The average molecular weight is 575 g/mol. The lowest BCUT2D eigenvalue weighted by Gasteiger charge is -2.26. The zero-order valence-corrected chi connectivity index (χ0v) is 24.3. The number of fused-ring (bicyclic) bond motifs is 9. The molecule has 0 saturated heterocycles. The molecule has 0 fully saturated rings. The Balaban J connectivity index is 1.32. The highest BCUT2D eigenvalue weighted by Gasteiger charge is 2.25. The molecule has 0 N–H and O–H groups in total. The summed E-state index contributed by atoms with van der Waals surface area (Å²) < 4.78 is 9.11. The van der Waals surface area contributed by atoms with Gasteiger partial charge in [0.2, 0.25) is 0 Å². The smallest absolute Gasteiger partial charge is 0.159 e. The zero-order chi connectivity index (χ0) is 29.5. The van der Waals surface area contributed by atoms with Crippen LogP contribution < -0.4 is 4.90 Å². The Morgan fingerprint density at radius 1 is 0.400 bits per heavy atom. The van der Waals surface area contributed by atoms with Gasteiger partial charge in [0, 0.05) is 38.0 Å². The van der Waals surface area contributed by atoms with E-state index in [1.807, 2.05) is 6.07 Å². The molecule has 0 unspecified atom stereocenters. The van der Waals surface area contributed by atoms with Crippen LogP contribution in [0.2, 0.25) is 0 Å². The summed E-state index contributed by atoms with van der Waals surface area (Å²) in [5.74, 6) is 0. The predicted molar refractivity (Wildman–Crippen MR) is 188 cm³/mol. The van der Waals surface area contributed by atoms with Crippen LogP contribution in [-0.4, -0.2) is 4.40 Å². The topological polar surface area (TPSA) is 20.8 Å². The monoisotopic (exact) mass is 574 g/mol. The number of rotatable bonds is 4. The molecule has 3 nitrogen and oxygen atoms in total. The number of aromatic nitrogens is 1. The summed E-state index contributed by atoms with van der Waals surface area (Å²) in [6.07, 6.45) is 0. The second-order valence-electron chi connectivity index (χ2n) is 11.7. The van der Waals surface area contributed by atoms with Gasteiger partial charge in [0.05, 0.1) is 27.9 Å². The van der Waals surface area contributed by atoms with Crippen LogP contribution in [0.25, 0.3) is 71.2 Å². The second-order valence-corrected chi connectivity index (χ2v) is 11.7. The molecule has 3 heteroatoms. The van der Waals surface area contributed by atoms with Crippen LogP contribution in [0, 0.1) is 0 Å². The first kappa shape index (κ1) is 24.4. The van der Waals surface area contributed by atoms with Crippen LogP contribution in [0.5, 0.6) is 0 Å². The summed E-state index contributed by atoms with van der Waals surface area (Å²) in [7, 11) is 0. The number of hydrogen-bond donors (Lipinski definition) is 0. The lowest BCUT2D eigenvalue weighted by molar-refractivity contribution is 0.669. The third-order valence-corrected chi connectivity index (χ3v) is 9.32. The third-order valence-electron chi connectivity index (χ3n) is 9.32. The van der Waals surface area contributed by atoms with Gasteiger partial charge in [-0.05, 0) is 47.5 Å². The zero-order valence-electron chi connectivity index (χ0n) is 24.3. The molecule has 7 aromatic carbocycles. The Bertz CT molecular complexity index is 2700. The van der Waals surface area contributed by atoms with Crippen molar-refractivity contribution in [2.75, 3.05) is 4.90 Å². The van der Waals surface area contributed by atoms with Crippen molar-refractivity contribution < 1.29 is 4.42 Å². The van der Waals surface area contributed by atoms with Crippen molar-refractivity contribution in [1.82, 2.24) is 4.40 Å². The van der Waals surface area contributed by atoms with Gasteiger partial charge in [-0.1, -0.05) is 121 Å². The van der Waals surface area contributed by atoms with E-state index in [4.69, 9.17) is 4.42 Å². The molecule has 0 aliphatic carbocycles. The maximum absolute atomic E-state index is 6.65. The lowest BCUT2D eigenvalue weighted by Crippen LogP contribution is -2.11. The van der Waals surface area contributed by atoms with Crippen molar-refractivity contribution in [1.29, 1.82) is 0 Å². The van der Waals surface area contributed by atoms with Crippen molar-refractivity contribution in [2.24, 2.45) is 0 Å². The number of hydrogen-bond acceptors (Lipinski definition) is 2. The van der Waals surface area contributed by atoms with Crippen LogP contribution in [0.15, 0.2) is 162 Å². The quantitative estimate of drug-likeness (QED) is 0.208. The normalized spacial score (nSPS) is 12.0. The number of para-hydroxylation sites is 5. The summed E-state index contributed by atoms with van der Waals surface area (Å²) in [4.78, 5) is 2.38. The van der Waals surface area contributed by atoms with Gasteiger partial charge < -0.3 is 13.7 Å².